The van der Waals surface area contributed by atoms with Gasteiger partial charge in [-0.3, -0.25) is 0 Å². The molecule has 0 heterocycles. The Labute approximate surface area is 107 Å². The number of hydrogen-bond donors (Lipinski definition) is 1. The molecule has 0 rings (SSSR count). The smallest absolute Gasteiger partial charge is 0.213 e. The van der Waals surface area contributed by atoms with Crippen molar-refractivity contribution in [2.24, 2.45) is 5.41 Å². The molecule has 0 atom stereocenters. The standard InChI is InChI=1S/C12H28N2O2S/c1-6-8-13-9-7-10-17(15,16)14(5)11-12(2,3)4/h13H,6-11H2,1-5H3. The lowest BCUT2D eigenvalue weighted by molar-refractivity contribution is 0.310. The van der Waals surface area contributed by atoms with E-state index in [1.165, 1.54) is 4.31 Å². The highest BCUT2D eigenvalue weighted by Gasteiger charge is 2.22. The predicted molar refractivity (Wildman–Crippen MR) is 73.6 cm³/mol. The number of sulfonamides is 1. The van der Waals surface area contributed by atoms with E-state index in [1.54, 1.807) is 7.05 Å². The number of rotatable bonds is 8. The third kappa shape index (κ3) is 8.57. The van der Waals surface area contributed by atoms with E-state index < -0.39 is 10.0 Å². The minimum atomic E-state index is -3.09. The average molecular weight is 264 g/mol. The van der Waals surface area contributed by atoms with Gasteiger partial charge in [-0.2, -0.15) is 0 Å². The molecule has 104 valence electrons. The van der Waals surface area contributed by atoms with E-state index in [2.05, 4.69) is 12.2 Å². The van der Waals surface area contributed by atoms with Crippen molar-refractivity contribution in [1.29, 1.82) is 0 Å². The van der Waals surface area contributed by atoms with Crippen LogP contribution in [-0.4, -0.2) is 45.2 Å². The van der Waals surface area contributed by atoms with Gasteiger partial charge in [0.2, 0.25) is 10.0 Å². The Bertz CT molecular complexity index is 294. The van der Waals surface area contributed by atoms with Gasteiger partial charge >= 0.3 is 0 Å². The molecular weight excluding hydrogens is 236 g/mol. The Balaban J connectivity index is 4.02. The van der Waals surface area contributed by atoms with Gasteiger partial charge in [0.15, 0.2) is 0 Å². The van der Waals surface area contributed by atoms with Crippen molar-refractivity contribution < 1.29 is 8.42 Å². The molecule has 0 aliphatic rings. The molecule has 0 aliphatic heterocycles. The fourth-order valence-electron chi connectivity index (χ4n) is 1.60. The molecule has 0 aromatic carbocycles. The van der Waals surface area contributed by atoms with Crippen LogP contribution in [0, 0.1) is 5.41 Å². The second-order valence-corrected chi connectivity index (χ2v) is 7.93. The molecule has 0 bridgehead atoms. The van der Waals surface area contributed by atoms with Crippen molar-refractivity contribution >= 4 is 10.0 Å². The maximum absolute atomic E-state index is 11.9. The molecule has 0 aromatic rings. The maximum Gasteiger partial charge on any atom is 0.213 e. The Morgan fingerprint density at radius 2 is 1.76 bits per heavy atom. The molecule has 0 amide bonds. The van der Waals surface area contributed by atoms with Gasteiger partial charge in [0.1, 0.15) is 0 Å². The Morgan fingerprint density at radius 1 is 1.18 bits per heavy atom. The van der Waals surface area contributed by atoms with Crippen LogP contribution in [0.1, 0.15) is 40.5 Å². The van der Waals surface area contributed by atoms with Crippen molar-refractivity contribution in [3.63, 3.8) is 0 Å². The van der Waals surface area contributed by atoms with Gasteiger partial charge in [0.05, 0.1) is 5.75 Å². The summed E-state index contributed by atoms with van der Waals surface area (Å²) in [4.78, 5) is 0. The van der Waals surface area contributed by atoms with Gasteiger partial charge in [0.25, 0.3) is 0 Å². The van der Waals surface area contributed by atoms with E-state index in [1.807, 2.05) is 20.8 Å². The van der Waals surface area contributed by atoms with Crippen LogP contribution in [0.3, 0.4) is 0 Å². The first-order valence-corrected chi connectivity index (χ1v) is 7.94. The third-order valence-electron chi connectivity index (χ3n) is 2.35. The molecule has 0 saturated heterocycles. The molecule has 0 fully saturated rings. The van der Waals surface area contributed by atoms with Gasteiger partial charge in [-0.05, 0) is 31.3 Å². The van der Waals surface area contributed by atoms with Crippen LogP contribution in [0.15, 0.2) is 0 Å². The highest BCUT2D eigenvalue weighted by atomic mass is 32.2. The van der Waals surface area contributed by atoms with E-state index in [-0.39, 0.29) is 11.2 Å². The first-order valence-electron chi connectivity index (χ1n) is 6.34. The summed E-state index contributed by atoms with van der Waals surface area (Å²) in [6.45, 7) is 10.5. The van der Waals surface area contributed by atoms with Gasteiger partial charge < -0.3 is 5.32 Å². The summed E-state index contributed by atoms with van der Waals surface area (Å²) in [6, 6.07) is 0. The zero-order valence-corrected chi connectivity index (χ0v) is 12.7. The van der Waals surface area contributed by atoms with Crippen molar-refractivity contribution in [2.45, 2.75) is 40.5 Å². The van der Waals surface area contributed by atoms with Crippen LogP contribution >= 0.6 is 0 Å². The van der Waals surface area contributed by atoms with Crippen molar-refractivity contribution in [3.05, 3.63) is 0 Å². The first-order chi connectivity index (χ1) is 7.69. The van der Waals surface area contributed by atoms with Gasteiger partial charge in [-0.15, -0.1) is 0 Å². The summed E-state index contributed by atoms with van der Waals surface area (Å²) in [7, 11) is -1.42. The summed E-state index contributed by atoms with van der Waals surface area (Å²) in [5, 5.41) is 3.21. The zero-order chi connectivity index (χ0) is 13.5. The lowest BCUT2D eigenvalue weighted by Gasteiger charge is -2.26. The second-order valence-electron chi connectivity index (χ2n) is 5.74. The average Bonchev–Trinajstić information content (AvgIpc) is 2.14. The topological polar surface area (TPSA) is 49.4 Å². The first kappa shape index (κ1) is 16.9. The summed E-state index contributed by atoms with van der Waals surface area (Å²) < 4.78 is 25.4. The predicted octanol–water partition coefficient (Wildman–Crippen LogP) is 1.68. The third-order valence-corrected chi connectivity index (χ3v) is 4.24. The van der Waals surface area contributed by atoms with E-state index >= 15 is 0 Å². The summed E-state index contributed by atoms with van der Waals surface area (Å²) in [6.07, 6.45) is 1.76. The molecule has 0 radical (unpaired) electrons. The quantitative estimate of drug-likeness (QED) is 0.679. The fraction of sp³-hybridized carbons (Fsp3) is 1.00. The van der Waals surface area contributed by atoms with Crippen LogP contribution in [0.4, 0.5) is 0 Å². The molecule has 4 nitrogen and oxygen atoms in total. The van der Waals surface area contributed by atoms with Crippen LogP contribution in [-0.2, 0) is 10.0 Å². The van der Waals surface area contributed by atoms with E-state index in [9.17, 15) is 8.42 Å². The molecule has 0 spiro atoms. The van der Waals surface area contributed by atoms with Gasteiger partial charge in [-0.25, -0.2) is 12.7 Å². The van der Waals surface area contributed by atoms with Crippen molar-refractivity contribution in [1.82, 2.24) is 9.62 Å². The van der Waals surface area contributed by atoms with Crippen LogP contribution in [0.25, 0.3) is 0 Å². The zero-order valence-electron chi connectivity index (χ0n) is 11.9. The molecule has 1 N–H and O–H groups in total. The lowest BCUT2D eigenvalue weighted by Crippen LogP contribution is -2.36. The largest absolute Gasteiger partial charge is 0.317 e. The Morgan fingerprint density at radius 3 is 2.24 bits per heavy atom. The minimum absolute atomic E-state index is 0.00226. The van der Waals surface area contributed by atoms with E-state index in [0.717, 1.165) is 19.5 Å². The Kier molecular flexibility index (Phi) is 7.28. The van der Waals surface area contributed by atoms with E-state index in [4.69, 9.17) is 0 Å². The normalized spacial score (nSPS) is 13.3. The molecule has 0 aliphatic carbocycles. The number of hydrogen-bond acceptors (Lipinski definition) is 3. The molecule has 0 unspecified atom stereocenters. The number of nitrogens with zero attached hydrogens (tertiary/aromatic N) is 1. The van der Waals surface area contributed by atoms with Crippen LogP contribution in [0.5, 0.6) is 0 Å². The highest BCUT2D eigenvalue weighted by molar-refractivity contribution is 7.89. The molecule has 5 heteroatoms. The lowest BCUT2D eigenvalue weighted by atomic mass is 9.97. The second kappa shape index (κ2) is 7.34. The van der Waals surface area contributed by atoms with Crippen molar-refractivity contribution in [3.8, 4) is 0 Å². The van der Waals surface area contributed by atoms with Crippen LogP contribution < -0.4 is 5.32 Å². The van der Waals surface area contributed by atoms with E-state index in [0.29, 0.717) is 13.0 Å². The monoisotopic (exact) mass is 264 g/mol. The molecule has 0 aromatic heterocycles. The Hall–Kier alpha value is -0.130. The minimum Gasteiger partial charge on any atom is -0.317 e. The fourth-order valence-corrected chi connectivity index (χ4v) is 3.01. The highest BCUT2D eigenvalue weighted by Crippen LogP contribution is 2.16. The molecule has 17 heavy (non-hydrogen) atoms. The van der Waals surface area contributed by atoms with Crippen LogP contribution in [0.2, 0.25) is 0 Å². The summed E-state index contributed by atoms with van der Waals surface area (Å²) in [5.41, 5.74) is 0.00226. The SMILES string of the molecule is CCCNCCCS(=O)(=O)N(C)CC(C)(C)C. The van der Waals surface area contributed by atoms with Crippen molar-refractivity contribution in [2.75, 3.05) is 32.4 Å². The number of nitrogens with one attached hydrogen (secondary N) is 1. The molecular formula is C12H28N2O2S. The van der Waals surface area contributed by atoms with Gasteiger partial charge in [0, 0.05) is 13.6 Å². The van der Waals surface area contributed by atoms with Gasteiger partial charge in [-0.1, -0.05) is 27.7 Å². The summed E-state index contributed by atoms with van der Waals surface area (Å²) >= 11 is 0. The summed E-state index contributed by atoms with van der Waals surface area (Å²) in [5.74, 6) is 0.232. The molecule has 0 saturated carbocycles. The maximum atomic E-state index is 11.9.